The summed E-state index contributed by atoms with van der Waals surface area (Å²) in [5, 5.41) is 0. The van der Waals surface area contributed by atoms with Gasteiger partial charge in [0.25, 0.3) is 0 Å². The summed E-state index contributed by atoms with van der Waals surface area (Å²) in [5.74, 6) is 0.0792. The molecular weight excluding hydrogens is 290 g/mol. The number of hydrogen-bond donors (Lipinski definition) is 0. The molecule has 21 heavy (non-hydrogen) atoms. The van der Waals surface area contributed by atoms with Gasteiger partial charge in [0.2, 0.25) is 10.0 Å². The number of rotatable bonds is 2. The number of hydrogen-bond acceptors (Lipinski definition) is 5. The predicted octanol–water partition coefficient (Wildman–Crippen LogP) is 0.235. The van der Waals surface area contributed by atoms with Crippen molar-refractivity contribution in [3.63, 3.8) is 0 Å². The van der Waals surface area contributed by atoms with Crippen LogP contribution in [0.2, 0.25) is 0 Å². The Morgan fingerprint density at radius 1 is 1.43 bits per heavy atom. The molecule has 0 saturated carbocycles. The number of fused-ring (bicyclic) bond motifs is 1. The van der Waals surface area contributed by atoms with Crippen LogP contribution in [0, 0.1) is 6.92 Å². The standard InChI is InChI=1S/C14H21N3O3S/c1-11-4-3-5-15-12(11)8-17-9-13-14(10-17)20-6-7-21(18,19)16(13)2/h3-5,13-14H,6-10H2,1-2H3/t13-,14+/m1/s1. The fraction of sp³-hybridized carbons (Fsp3) is 0.643. The van der Waals surface area contributed by atoms with E-state index in [1.807, 2.05) is 19.1 Å². The zero-order valence-corrected chi connectivity index (χ0v) is 13.2. The summed E-state index contributed by atoms with van der Waals surface area (Å²) in [6.45, 7) is 4.50. The summed E-state index contributed by atoms with van der Waals surface area (Å²) >= 11 is 0. The van der Waals surface area contributed by atoms with Crippen molar-refractivity contribution in [1.82, 2.24) is 14.2 Å². The number of aromatic nitrogens is 1. The van der Waals surface area contributed by atoms with E-state index in [2.05, 4.69) is 9.88 Å². The second kappa shape index (κ2) is 5.64. The third kappa shape index (κ3) is 2.96. The van der Waals surface area contributed by atoms with Gasteiger partial charge in [-0.15, -0.1) is 0 Å². The average molecular weight is 311 g/mol. The lowest BCUT2D eigenvalue weighted by molar-refractivity contribution is 0.0499. The molecule has 2 saturated heterocycles. The Kier molecular flexibility index (Phi) is 4.00. The van der Waals surface area contributed by atoms with E-state index in [4.69, 9.17) is 4.74 Å². The fourth-order valence-electron chi connectivity index (χ4n) is 3.03. The van der Waals surface area contributed by atoms with E-state index in [9.17, 15) is 8.42 Å². The Bertz CT molecular complexity index is 620. The van der Waals surface area contributed by atoms with Gasteiger partial charge in [0.05, 0.1) is 30.2 Å². The van der Waals surface area contributed by atoms with Gasteiger partial charge in [-0.3, -0.25) is 9.88 Å². The van der Waals surface area contributed by atoms with Gasteiger partial charge in [0, 0.05) is 32.9 Å². The predicted molar refractivity (Wildman–Crippen MR) is 79.3 cm³/mol. The van der Waals surface area contributed by atoms with Crippen molar-refractivity contribution in [3.05, 3.63) is 29.6 Å². The van der Waals surface area contributed by atoms with E-state index in [-0.39, 0.29) is 24.5 Å². The minimum Gasteiger partial charge on any atom is -0.374 e. The van der Waals surface area contributed by atoms with Crippen LogP contribution in [-0.4, -0.2) is 67.2 Å². The number of pyridine rings is 1. The van der Waals surface area contributed by atoms with Crippen LogP contribution in [-0.2, 0) is 21.3 Å². The molecule has 0 amide bonds. The van der Waals surface area contributed by atoms with Gasteiger partial charge in [-0.05, 0) is 18.6 Å². The van der Waals surface area contributed by atoms with E-state index in [0.29, 0.717) is 6.54 Å². The zero-order valence-electron chi connectivity index (χ0n) is 12.4. The van der Waals surface area contributed by atoms with Crippen molar-refractivity contribution in [3.8, 4) is 0 Å². The van der Waals surface area contributed by atoms with Crippen LogP contribution in [0.4, 0.5) is 0 Å². The third-order valence-corrected chi connectivity index (χ3v) is 6.21. The van der Waals surface area contributed by atoms with Gasteiger partial charge in [-0.2, -0.15) is 4.31 Å². The number of ether oxygens (including phenoxy) is 1. The highest BCUT2D eigenvalue weighted by Crippen LogP contribution is 2.25. The Labute approximate surface area is 125 Å². The molecule has 2 atom stereocenters. The van der Waals surface area contributed by atoms with Crippen LogP contribution in [0.15, 0.2) is 18.3 Å². The molecule has 0 bridgehead atoms. The number of likely N-dealkylation sites (N-methyl/N-ethyl adjacent to an activating group) is 1. The summed E-state index contributed by atoms with van der Waals surface area (Å²) in [6.07, 6.45) is 1.75. The zero-order chi connectivity index (χ0) is 15.0. The smallest absolute Gasteiger partial charge is 0.216 e. The van der Waals surface area contributed by atoms with Gasteiger partial charge < -0.3 is 4.74 Å². The van der Waals surface area contributed by atoms with Crippen molar-refractivity contribution in [1.29, 1.82) is 0 Å². The lowest BCUT2D eigenvalue weighted by Gasteiger charge is -2.24. The average Bonchev–Trinajstić information content (AvgIpc) is 2.79. The molecule has 2 fully saturated rings. The highest BCUT2D eigenvalue weighted by Gasteiger charge is 2.42. The van der Waals surface area contributed by atoms with E-state index in [0.717, 1.165) is 24.3 Å². The molecule has 0 N–H and O–H groups in total. The van der Waals surface area contributed by atoms with E-state index in [1.165, 1.54) is 4.31 Å². The second-order valence-electron chi connectivity index (χ2n) is 5.77. The molecule has 7 heteroatoms. The van der Waals surface area contributed by atoms with Gasteiger partial charge in [0.15, 0.2) is 0 Å². The van der Waals surface area contributed by atoms with Gasteiger partial charge in [-0.25, -0.2) is 8.42 Å². The SMILES string of the molecule is Cc1cccnc1CN1C[C@@H]2OCCS(=O)(=O)N(C)[C@@H]2C1. The summed E-state index contributed by atoms with van der Waals surface area (Å²) in [6, 6.07) is 3.88. The quantitative estimate of drug-likeness (QED) is 0.783. The van der Waals surface area contributed by atoms with Crippen molar-refractivity contribution < 1.29 is 13.2 Å². The Balaban J connectivity index is 1.74. The number of nitrogens with zero attached hydrogens (tertiary/aromatic N) is 3. The van der Waals surface area contributed by atoms with Crippen LogP contribution in [0.3, 0.4) is 0 Å². The molecule has 3 rings (SSSR count). The largest absolute Gasteiger partial charge is 0.374 e. The van der Waals surface area contributed by atoms with Crippen LogP contribution in [0.25, 0.3) is 0 Å². The lowest BCUT2D eigenvalue weighted by Crippen LogP contribution is -2.43. The van der Waals surface area contributed by atoms with Crippen molar-refractivity contribution >= 4 is 10.0 Å². The normalized spacial score (nSPS) is 30.0. The Morgan fingerprint density at radius 2 is 2.24 bits per heavy atom. The van der Waals surface area contributed by atoms with Crippen LogP contribution in [0.5, 0.6) is 0 Å². The highest BCUT2D eigenvalue weighted by molar-refractivity contribution is 7.89. The molecule has 3 heterocycles. The summed E-state index contributed by atoms with van der Waals surface area (Å²) in [5.41, 5.74) is 2.20. The highest BCUT2D eigenvalue weighted by atomic mass is 32.2. The molecule has 2 aliphatic rings. The molecule has 0 unspecified atom stereocenters. The molecule has 1 aromatic heterocycles. The number of likely N-dealkylation sites (tertiary alicyclic amines) is 1. The molecule has 116 valence electrons. The molecule has 0 spiro atoms. The Morgan fingerprint density at radius 3 is 3.00 bits per heavy atom. The molecule has 6 nitrogen and oxygen atoms in total. The topological polar surface area (TPSA) is 62.7 Å². The molecular formula is C14H21N3O3S. The van der Waals surface area contributed by atoms with Crippen LogP contribution >= 0.6 is 0 Å². The Hall–Kier alpha value is -1.02. The summed E-state index contributed by atoms with van der Waals surface area (Å²) < 4.78 is 31.4. The molecule has 2 aliphatic heterocycles. The number of sulfonamides is 1. The molecule has 1 aromatic rings. The third-order valence-electron chi connectivity index (χ3n) is 4.38. The van der Waals surface area contributed by atoms with Crippen LogP contribution in [0.1, 0.15) is 11.3 Å². The fourth-order valence-corrected chi connectivity index (χ4v) is 4.24. The van der Waals surface area contributed by atoms with E-state index < -0.39 is 10.0 Å². The minimum absolute atomic E-state index is 0.0451. The first-order valence-electron chi connectivity index (χ1n) is 7.17. The second-order valence-corrected chi connectivity index (χ2v) is 7.92. The maximum atomic E-state index is 12.1. The van der Waals surface area contributed by atoms with Crippen molar-refractivity contribution in [2.45, 2.75) is 25.6 Å². The van der Waals surface area contributed by atoms with Crippen LogP contribution < -0.4 is 0 Å². The van der Waals surface area contributed by atoms with Crippen molar-refractivity contribution in [2.24, 2.45) is 0 Å². The van der Waals surface area contributed by atoms with E-state index >= 15 is 0 Å². The summed E-state index contributed by atoms with van der Waals surface area (Å²) in [4.78, 5) is 6.64. The number of aryl methyl sites for hydroxylation is 1. The monoisotopic (exact) mass is 311 g/mol. The van der Waals surface area contributed by atoms with E-state index in [1.54, 1.807) is 13.2 Å². The first kappa shape index (κ1) is 14.9. The van der Waals surface area contributed by atoms with Gasteiger partial charge >= 0.3 is 0 Å². The minimum atomic E-state index is -3.19. The first-order valence-corrected chi connectivity index (χ1v) is 8.78. The maximum Gasteiger partial charge on any atom is 0.216 e. The lowest BCUT2D eigenvalue weighted by atomic mass is 10.2. The van der Waals surface area contributed by atoms with Crippen molar-refractivity contribution in [2.75, 3.05) is 32.5 Å². The summed E-state index contributed by atoms with van der Waals surface area (Å²) in [7, 11) is -1.53. The first-order chi connectivity index (χ1) is 9.97. The molecule has 0 radical (unpaired) electrons. The maximum absolute atomic E-state index is 12.1. The molecule has 0 aromatic carbocycles. The molecule has 0 aliphatic carbocycles. The van der Waals surface area contributed by atoms with Gasteiger partial charge in [0.1, 0.15) is 0 Å². The van der Waals surface area contributed by atoms with Gasteiger partial charge in [-0.1, -0.05) is 6.07 Å².